The molecule has 0 bridgehead atoms. The molecule has 0 aliphatic heterocycles. The molecule has 0 heterocycles. The number of hydrogen-bond acceptors (Lipinski definition) is 2. The Morgan fingerprint density at radius 1 is 0.553 bits per heavy atom. The first-order valence-electron chi connectivity index (χ1n) is 12.9. The van der Waals surface area contributed by atoms with E-state index in [0.29, 0.717) is 0 Å². The maximum atomic E-state index is 13.8. The minimum Gasteiger partial charge on any atom is -0.207 e. The smallest absolute Gasteiger partial charge is 0.207 e. The highest BCUT2D eigenvalue weighted by Gasteiger charge is 2.39. The van der Waals surface area contributed by atoms with Gasteiger partial charge >= 0.3 is 0 Å². The van der Waals surface area contributed by atoms with E-state index in [4.69, 9.17) is 0 Å². The Hall–Kier alpha value is -3.99. The Kier molecular flexibility index (Phi) is 6.67. The zero-order valence-corrected chi connectivity index (χ0v) is 21.8. The van der Waals surface area contributed by atoms with E-state index in [1.54, 1.807) is 24.3 Å². The molecule has 0 radical (unpaired) electrons. The molecule has 1 aliphatic rings. The molecule has 0 fully saturated rings. The molecule has 5 aromatic rings. The fourth-order valence-electron chi connectivity index (χ4n) is 5.85. The number of nitrogens with one attached hydrogen (secondary N) is 1. The zero-order chi connectivity index (χ0) is 26.0. The van der Waals surface area contributed by atoms with E-state index in [9.17, 15) is 8.42 Å². The molecular formula is C34H29NO2S. The van der Waals surface area contributed by atoms with Crippen molar-refractivity contribution in [1.29, 1.82) is 0 Å². The van der Waals surface area contributed by atoms with Crippen LogP contribution >= 0.6 is 0 Å². The van der Waals surface area contributed by atoms with E-state index >= 15 is 0 Å². The lowest BCUT2D eigenvalue weighted by Gasteiger charge is -2.39. The zero-order valence-electron chi connectivity index (χ0n) is 20.9. The van der Waals surface area contributed by atoms with Gasteiger partial charge in [-0.2, -0.15) is 0 Å². The van der Waals surface area contributed by atoms with Gasteiger partial charge in [0, 0.05) is 11.8 Å². The average molecular weight is 516 g/mol. The minimum atomic E-state index is -3.80. The molecule has 0 saturated carbocycles. The van der Waals surface area contributed by atoms with Crippen LogP contribution in [0.25, 0.3) is 0 Å². The van der Waals surface area contributed by atoms with E-state index in [-0.39, 0.29) is 16.7 Å². The molecule has 0 saturated heterocycles. The van der Waals surface area contributed by atoms with Crippen LogP contribution in [0.2, 0.25) is 0 Å². The van der Waals surface area contributed by atoms with Gasteiger partial charge in [-0.1, -0.05) is 127 Å². The Morgan fingerprint density at radius 3 is 1.55 bits per heavy atom. The summed E-state index contributed by atoms with van der Waals surface area (Å²) in [6.45, 7) is 0. The van der Waals surface area contributed by atoms with E-state index < -0.39 is 16.1 Å². The predicted octanol–water partition coefficient (Wildman–Crippen LogP) is 7.23. The first-order valence-corrected chi connectivity index (χ1v) is 14.4. The van der Waals surface area contributed by atoms with Crippen LogP contribution in [0.15, 0.2) is 144 Å². The fourth-order valence-corrected chi connectivity index (χ4v) is 7.12. The van der Waals surface area contributed by atoms with Crippen molar-refractivity contribution in [3.63, 3.8) is 0 Å². The number of hydrogen-bond donors (Lipinski definition) is 1. The highest BCUT2D eigenvalue weighted by molar-refractivity contribution is 7.89. The summed E-state index contributed by atoms with van der Waals surface area (Å²) in [5.41, 5.74) is 7.10. The maximum Gasteiger partial charge on any atom is 0.241 e. The summed E-state index contributed by atoms with van der Waals surface area (Å²) >= 11 is 0. The molecule has 0 aromatic heterocycles. The van der Waals surface area contributed by atoms with Gasteiger partial charge in [-0.05, 0) is 51.9 Å². The monoisotopic (exact) mass is 515 g/mol. The molecule has 0 amide bonds. The van der Waals surface area contributed by atoms with Crippen LogP contribution in [0, 0.1) is 0 Å². The lowest BCUT2D eigenvalue weighted by molar-refractivity contribution is 0.454. The molecule has 0 unspecified atom stereocenters. The standard InChI is InChI=1S/C34H29NO2S/c36-38(37,29-20-8-3-9-21-29)35-34(26-16-6-2-7-17-26)32(25-14-4-1-5-15-25)33-30-22-12-10-18-27(30)24-28-19-11-13-23-31(28)33/h1-23,32-35H,24H2/t32-,34+/m1/s1. The summed E-state index contributed by atoms with van der Waals surface area (Å²) < 4.78 is 30.8. The third-order valence-corrected chi connectivity index (χ3v) is 9.02. The largest absolute Gasteiger partial charge is 0.241 e. The second-order valence-corrected chi connectivity index (χ2v) is 11.5. The summed E-state index contributed by atoms with van der Waals surface area (Å²) in [5.74, 6) is -0.234. The van der Waals surface area contributed by atoms with Gasteiger partial charge in [0.2, 0.25) is 10.0 Å². The van der Waals surface area contributed by atoms with Crippen molar-refractivity contribution in [3.05, 3.63) is 173 Å². The highest BCUT2D eigenvalue weighted by Crippen LogP contribution is 2.50. The number of fused-ring (bicyclic) bond motifs is 2. The van der Waals surface area contributed by atoms with Crippen molar-refractivity contribution in [2.75, 3.05) is 0 Å². The average Bonchev–Trinajstić information content (AvgIpc) is 2.98. The van der Waals surface area contributed by atoms with Gasteiger partial charge in [0.15, 0.2) is 0 Å². The third-order valence-electron chi connectivity index (χ3n) is 7.56. The second kappa shape index (κ2) is 10.4. The molecule has 5 aromatic carbocycles. The van der Waals surface area contributed by atoms with E-state index in [0.717, 1.165) is 17.5 Å². The predicted molar refractivity (Wildman–Crippen MR) is 153 cm³/mol. The van der Waals surface area contributed by atoms with Gasteiger partial charge in [0.05, 0.1) is 10.9 Å². The first kappa shape index (κ1) is 24.4. The first-order chi connectivity index (χ1) is 18.6. The van der Waals surface area contributed by atoms with Gasteiger partial charge in [-0.3, -0.25) is 0 Å². The highest BCUT2D eigenvalue weighted by atomic mass is 32.2. The SMILES string of the molecule is O=S(=O)(N[C@@H](c1ccccc1)[C@H](c1ccccc1)C1c2ccccc2Cc2ccccc21)c1ccccc1. The quantitative estimate of drug-likeness (QED) is 0.249. The summed E-state index contributed by atoms with van der Waals surface area (Å²) in [5, 5.41) is 0. The molecular weight excluding hydrogens is 486 g/mol. The van der Waals surface area contributed by atoms with Crippen molar-refractivity contribution >= 4 is 10.0 Å². The molecule has 1 aliphatic carbocycles. The Bertz CT molecular complexity index is 1590. The van der Waals surface area contributed by atoms with Crippen LogP contribution in [0.3, 0.4) is 0 Å². The van der Waals surface area contributed by atoms with E-state index in [1.807, 2.05) is 54.6 Å². The molecule has 3 nitrogen and oxygen atoms in total. The molecule has 4 heteroatoms. The van der Waals surface area contributed by atoms with Crippen LogP contribution in [-0.4, -0.2) is 8.42 Å². The van der Waals surface area contributed by atoms with Gasteiger partial charge in [0.25, 0.3) is 0 Å². The van der Waals surface area contributed by atoms with Crippen LogP contribution in [-0.2, 0) is 16.4 Å². The Balaban J connectivity index is 1.59. The topological polar surface area (TPSA) is 46.2 Å². The molecule has 2 atom stereocenters. The van der Waals surface area contributed by atoms with E-state index in [2.05, 4.69) is 65.4 Å². The van der Waals surface area contributed by atoms with Crippen LogP contribution < -0.4 is 4.72 Å². The second-order valence-electron chi connectivity index (χ2n) is 9.81. The normalized spacial score (nSPS) is 14.7. The van der Waals surface area contributed by atoms with Crippen LogP contribution in [0.5, 0.6) is 0 Å². The maximum absolute atomic E-state index is 13.8. The van der Waals surface area contributed by atoms with Crippen molar-refractivity contribution in [2.45, 2.75) is 29.2 Å². The minimum absolute atomic E-state index is 0.0396. The van der Waals surface area contributed by atoms with Gasteiger partial charge in [0.1, 0.15) is 0 Å². The van der Waals surface area contributed by atoms with Gasteiger partial charge in [-0.15, -0.1) is 0 Å². The van der Waals surface area contributed by atoms with Crippen LogP contribution in [0.1, 0.15) is 51.3 Å². The fraction of sp³-hybridized carbons (Fsp3) is 0.118. The van der Waals surface area contributed by atoms with Gasteiger partial charge in [-0.25, -0.2) is 13.1 Å². The number of rotatable bonds is 7. The Morgan fingerprint density at radius 2 is 1.00 bits per heavy atom. The van der Waals surface area contributed by atoms with Gasteiger partial charge < -0.3 is 0 Å². The number of sulfonamides is 1. The molecule has 1 N–H and O–H groups in total. The van der Waals surface area contributed by atoms with E-state index in [1.165, 1.54) is 22.3 Å². The summed E-state index contributed by atoms with van der Waals surface area (Å²) in [4.78, 5) is 0.261. The molecule has 0 spiro atoms. The van der Waals surface area contributed by atoms with Crippen molar-refractivity contribution in [2.24, 2.45) is 0 Å². The van der Waals surface area contributed by atoms with Crippen LogP contribution in [0.4, 0.5) is 0 Å². The molecule has 6 rings (SSSR count). The van der Waals surface area contributed by atoms with Crippen molar-refractivity contribution in [1.82, 2.24) is 4.72 Å². The number of benzene rings is 5. The molecule has 188 valence electrons. The lowest BCUT2D eigenvalue weighted by Crippen LogP contribution is -2.36. The summed E-state index contributed by atoms with van der Waals surface area (Å²) in [6, 6.07) is 45.6. The summed E-state index contributed by atoms with van der Waals surface area (Å²) in [7, 11) is -3.80. The summed E-state index contributed by atoms with van der Waals surface area (Å²) in [6.07, 6.45) is 0.871. The third kappa shape index (κ3) is 4.69. The van der Waals surface area contributed by atoms with Crippen molar-refractivity contribution in [3.8, 4) is 0 Å². The molecule has 38 heavy (non-hydrogen) atoms. The lowest BCUT2D eigenvalue weighted by atomic mass is 9.67. The Labute approximate surface area is 224 Å². The van der Waals surface area contributed by atoms with Crippen molar-refractivity contribution < 1.29 is 8.42 Å².